The average Bonchev–Trinajstić information content (AvgIpc) is 3.07. The number of likely N-dealkylation sites (tertiary alicyclic amines) is 1. The lowest BCUT2D eigenvalue weighted by molar-refractivity contribution is 0.0685. The Morgan fingerprint density at radius 2 is 1.73 bits per heavy atom. The van der Waals surface area contributed by atoms with E-state index < -0.39 is 0 Å². The van der Waals surface area contributed by atoms with E-state index in [1.165, 1.54) is 12.1 Å². The minimum atomic E-state index is -0.305. The van der Waals surface area contributed by atoms with Crippen molar-refractivity contribution in [2.24, 2.45) is 5.92 Å². The second-order valence-electron chi connectivity index (χ2n) is 5.95. The molecule has 2 heterocycles. The van der Waals surface area contributed by atoms with Crippen LogP contribution in [0.25, 0.3) is 0 Å². The minimum absolute atomic E-state index is 0.0175. The van der Waals surface area contributed by atoms with Crippen LogP contribution in [0.15, 0.2) is 48.8 Å². The number of hydrogen-bond donors (Lipinski definition) is 0. The summed E-state index contributed by atoms with van der Waals surface area (Å²) < 4.78 is 15.1. The highest BCUT2D eigenvalue weighted by atomic mass is 19.1. The van der Waals surface area contributed by atoms with Gasteiger partial charge in [0.05, 0.1) is 0 Å². The van der Waals surface area contributed by atoms with Crippen LogP contribution in [-0.2, 0) is 6.54 Å². The van der Waals surface area contributed by atoms with Crippen LogP contribution in [0.4, 0.5) is 4.39 Å². The summed E-state index contributed by atoms with van der Waals surface area (Å²) >= 11 is 0. The lowest BCUT2D eigenvalue weighted by Gasteiger charge is -2.32. The van der Waals surface area contributed by atoms with Crippen LogP contribution < -0.4 is 0 Å². The van der Waals surface area contributed by atoms with Gasteiger partial charge in [-0.05, 0) is 61.6 Å². The molecule has 1 amide bonds. The van der Waals surface area contributed by atoms with Crippen LogP contribution in [0.5, 0.6) is 0 Å². The van der Waals surface area contributed by atoms with E-state index in [9.17, 15) is 9.18 Å². The molecule has 1 fully saturated rings. The average molecular weight is 300 g/mol. The molecule has 0 N–H and O–H groups in total. The number of aryl methyl sites for hydroxylation is 1. The normalized spacial score (nSPS) is 16.0. The first-order valence-electron chi connectivity index (χ1n) is 7.88. The Labute approximate surface area is 130 Å². The minimum Gasteiger partial charge on any atom is -0.354 e. The predicted molar refractivity (Wildman–Crippen MR) is 84.1 cm³/mol. The van der Waals surface area contributed by atoms with Gasteiger partial charge in [-0.15, -0.1) is 0 Å². The molecule has 0 unspecified atom stereocenters. The summed E-state index contributed by atoms with van der Waals surface area (Å²) in [6.45, 7) is 2.64. The summed E-state index contributed by atoms with van der Waals surface area (Å²) in [4.78, 5) is 14.2. The lowest BCUT2D eigenvalue weighted by Crippen LogP contribution is -2.38. The zero-order valence-electron chi connectivity index (χ0n) is 12.6. The van der Waals surface area contributed by atoms with E-state index in [4.69, 9.17) is 0 Å². The molecule has 3 rings (SSSR count). The molecule has 22 heavy (non-hydrogen) atoms. The Balaban J connectivity index is 1.48. The number of halogens is 1. The third kappa shape index (κ3) is 3.56. The Bertz CT molecular complexity index is 599. The molecule has 1 aliphatic rings. The van der Waals surface area contributed by atoms with E-state index >= 15 is 0 Å². The maximum absolute atomic E-state index is 12.9. The van der Waals surface area contributed by atoms with E-state index in [0.717, 1.165) is 38.9 Å². The van der Waals surface area contributed by atoms with Gasteiger partial charge in [0.25, 0.3) is 5.91 Å². The highest BCUT2D eigenvalue weighted by Gasteiger charge is 2.23. The summed E-state index contributed by atoms with van der Waals surface area (Å²) in [7, 11) is 0. The molecule has 1 saturated heterocycles. The standard InChI is InChI=1S/C18H21FN2O/c19-17-5-3-16(4-6-17)18(22)21-13-8-15(9-14-21)7-12-20-10-1-2-11-20/h1-6,10-11,15H,7-9,12-14H2. The Morgan fingerprint density at radius 1 is 1.09 bits per heavy atom. The number of benzene rings is 1. The van der Waals surface area contributed by atoms with Crippen LogP contribution >= 0.6 is 0 Å². The van der Waals surface area contributed by atoms with Gasteiger partial charge in [0.2, 0.25) is 0 Å². The zero-order valence-corrected chi connectivity index (χ0v) is 12.6. The van der Waals surface area contributed by atoms with Crippen molar-refractivity contribution in [3.05, 3.63) is 60.2 Å². The van der Waals surface area contributed by atoms with Gasteiger partial charge in [-0.3, -0.25) is 4.79 Å². The van der Waals surface area contributed by atoms with E-state index in [1.54, 1.807) is 12.1 Å². The largest absolute Gasteiger partial charge is 0.354 e. The first-order chi connectivity index (χ1) is 10.7. The SMILES string of the molecule is O=C(c1ccc(F)cc1)N1CCC(CCn2cccc2)CC1. The van der Waals surface area contributed by atoms with Crippen molar-refractivity contribution in [2.75, 3.05) is 13.1 Å². The summed E-state index contributed by atoms with van der Waals surface area (Å²) in [5.74, 6) is 0.392. The van der Waals surface area contributed by atoms with E-state index in [-0.39, 0.29) is 11.7 Å². The number of hydrogen-bond acceptors (Lipinski definition) is 1. The molecule has 0 bridgehead atoms. The van der Waals surface area contributed by atoms with Crippen molar-refractivity contribution < 1.29 is 9.18 Å². The topological polar surface area (TPSA) is 25.2 Å². The number of amides is 1. The fourth-order valence-electron chi connectivity index (χ4n) is 3.05. The van der Waals surface area contributed by atoms with Crippen LogP contribution in [0, 0.1) is 11.7 Å². The van der Waals surface area contributed by atoms with Crippen LogP contribution in [0.3, 0.4) is 0 Å². The maximum atomic E-state index is 12.9. The molecule has 0 atom stereocenters. The van der Waals surface area contributed by atoms with Gasteiger partial charge in [-0.2, -0.15) is 0 Å². The molecule has 2 aromatic rings. The van der Waals surface area contributed by atoms with Crippen LogP contribution in [0.2, 0.25) is 0 Å². The Hall–Kier alpha value is -2.10. The predicted octanol–water partition coefficient (Wildman–Crippen LogP) is 3.57. The number of carbonyl (C=O) groups excluding carboxylic acids is 1. The number of piperidine rings is 1. The van der Waals surface area contributed by atoms with Gasteiger partial charge in [-0.1, -0.05) is 0 Å². The first-order valence-corrected chi connectivity index (χ1v) is 7.88. The molecular weight excluding hydrogens is 279 g/mol. The van der Waals surface area contributed by atoms with Gasteiger partial charge >= 0.3 is 0 Å². The van der Waals surface area contributed by atoms with Gasteiger partial charge < -0.3 is 9.47 Å². The number of nitrogens with zero attached hydrogens (tertiary/aromatic N) is 2. The van der Waals surface area contributed by atoms with Gasteiger partial charge in [-0.25, -0.2) is 4.39 Å². The molecule has 1 aromatic heterocycles. The van der Waals surface area contributed by atoms with Gasteiger partial charge in [0.1, 0.15) is 5.82 Å². The fraction of sp³-hybridized carbons (Fsp3) is 0.389. The molecule has 1 aromatic carbocycles. The molecule has 1 aliphatic heterocycles. The summed E-state index contributed by atoms with van der Waals surface area (Å²) in [6.07, 6.45) is 7.44. The van der Waals surface area contributed by atoms with Crippen molar-refractivity contribution in [1.29, 1.82) is 0 Å². The van der Waals surface area contributed by atoms with Crippen molar-refractivity contribution in [2.45, 2.75) is 25.8 Å². The maximum Gasteiger partial charge on any atom is 0.253 e. The second kappa shape index (κ2) is 6.77. The number of rotatable bonds is 4. The molecule has 116 valence electrons. The summed E-state index contributed by atoms with van der Waals surface area (Å²) in [5.41, 5.74) is 0.576. The number of aromatic nitrogens is 1. The molecular formula is C18H21FN2O. The lowest BCUT2D eigenvalue weighted by atomic mass is 9.93. The van der Waals surface area contributed by atoms with Crippen LogP contribution in [0.1, 0.15) is 29.6 Å². The smallest absolute Gasteiger partial charge is 0.253 e. The molecule has 0 radical (unpaired) electrons. The zero-order chi connectivity index (χ0) is 15.4. The summed E-state index contributed by atoms with van der Waals surface area (Å²) in [5, 5.41) is 0. The van der Waals surface area contributed by atoms with E-state index in [1.807, 2.05) is 17.0 Å². The molecule has 3 nitrogen and oxygen atoms in total. The monoisotopic (exact) mass is 300 g/mol. The fourth-order valence-corrected chi connectivity index (χ4v) is 3.05. The quantitative estimate of drug-likeness (QED) is 0.847. The Kier molecular flexibility index (Phi) is 4.56. The van der Waals surface area contributed by atoms with Crippen molar-refractivity contribution in [1.82, 2.24) is 9.47 Å². The van der Waals surface area contributed by atoms with Crippen molar-refractivity contribution in [3.63, 3.8) is 0 Å². The summed E-state index contributed by atoms with van der Waals surface area (Å²) in [6, 6.07) is 9.91. The molecule has 0 aliphatic carbocycles. The molecule has 0 spiro atoms. The van der Waals surface area contributed by atoms with Gasteiger partial charge in [0, 0.05) is 37.6 Å². The van der Waals surface area contributed by atoms with Crippen LogP contribution in [-0.4, -0.2) is 28.5 Å². The highest BCUT2D eigenvalue weighted by molar-refractivity contribution is 5.94. The third-order valence-electron chi connectivity index (χ3n) is 4.45. The van der Waals surface area contributed by atoms with Crippen molar-refractivity contribution in [3.8, 4) is 0 Å². The Morgan fingerprint density at radius 3 is 2.36 bits per heavy atom. The molecule has 0 saturated carbocycles. The first kappa shape index (κ1) is 14.8. The van der Waals surface area contributed by atoms with E-state index in [0.29, 0.717) is 11.5 Å². The second-order valence-corrected chi connectivity index (χ2v) is 5.95. The number of carbonyl (C=O) groups is 1. The molecule has 4 heteroatoms. The van der Waals surface area contributed by atoms with Crippen molar-refractivity contribution >= 4 is 5.91 Å². The third-order valence-corrected chi connectivity index (χ3v) is 4.45. The highest BCUT2D eigenvalue weighted by Crippen LogP contribution is 2.22. The van der Waals surface area contributed by atoms with E-state index in [2.05, 4.69) is 17.0 Å². The van der Waals surface area contributed by atoms with Gasteiger partial charge in [0.15, 0.2) is 0 Å².